The molecule has 0 aliphatic carbocycles. The molecule has 0 saturated carbocycles. The maximum Gasteiger partial charge on any atom is 1.00 e. The van der Waals surface area contributed by atoms with Crippen LogP contribution in [0.4, 0.5) is 0 Å². The van der Waals surface area contributed by atoms with Gasteiger partial charge in [-0.2, -0.15) is 0 Å². The van der Waals surface area contributed by atoms with E-state index in [1.807, 2.05) is 0 Å². The SMILES string of the molecule is [K+].c1c[n-]cn1. The largest absolute Gasteiger partial charge is 1.00 e. The van der Waals surface area contributed by atoms with Crippen molar-refractivity contribution in [2.75, 3.05) is 0 Å². The van der Waals surface area contributed by atoms with E-state index in [2.05, 4.69) is 9.97 Å². The summed E-state index contributed by atoms with van der Waals surface area (Å²) in [5.74, 6) is 0. The first-order chi connectivity index (χ1) is 2.50. The average Bonchev–Trinajstić information content (AvgIpc) is 1.76. The molecule has 0 spiro atoms. The summed E-state index contributed by atoms with van der Waals surface area (Å²) >= 11 is 0. The van der Waals surface area contributed by atoms with Crippen molar-refractivity contribution >= 4 is 0 Å². The molecular formula is C3H3KN2. The Balaban J connectivity index is 0.000000250. The van der Waals surface area contributed by atoms with Gasteiger partial charge in [-0.3, -0.25) is 0 Å². The van der Waals surface area contributed by atoms with Gasteiger partial charge in [0.1, 0.15) is 0 Å². The van der Waals surface area contributed by atoms with Gasteiger partial charge >= 0.3 is 51.4 Å². The third kappa shape index (κ3) is 2.10. The summed E-state index contributed by atoms with van der Waals surface area (Å²) in [5.41, 5.74) is 0. The normalized spacial score (nSPS) is 6.67. The van der Waals surface area contributed by atoms with E-state index in [9.17, 15) is 0 Å². The van der Waals surface area contributed by atoms with Gasteiger partial charge in [-0.25, -0.2) is 0 Å². The van der Waals surface area contributed by atoms with Crippen LogP contribution < -0.4 is 56.4 Å². The standard InChI is InChI=1S/C3H3N2.K/c1-2-5-3-4-1;/h1-3H;/q-1;+1. The minimum atomic E-state index is 0. The smallest absolute Gasteiger partial charge is 0.450 e. The first kappa shape index (κ1) is 6.85. The van der Waals surface area contributed by atoms with Gasteiger partial charge in [0.15, 0.2) is 0 Å². The summed E-state index contributed by atoms with van der Waals surface area (Å²) in [6, 6.07) is 0. The fraction of sp³-hybridized carbons (Fsp3) is 0. The molecule has 6 heavy (non-hydrogen) atoms. The first-order valence-corrected chi connectivity index (χ1v) is 1.37. The molecule has 0 aliphatic heterocycles. The molecule has 1 aromatic rings. The minimum absolute atomic E-state index is 0. The quantitative estimate of drug-likeness (QED) is 0.330. The zero-order chi connectivity index (χ0) is 3.54. The topological polar surface area (TPSA) is 27.0 Å². The summed E-state index contributed by atoms with van der Waals surface area (Å²) in [5, 5.41) is 0. The second-order valence-electron chi connectivity index (χ2n) is 0.712. The van der Waals surface area contributed by atoms with Gasteiger partial charge in [-0.1, -0.05) is 18.7 Å². The number of rotatable bonds is 0. The molecule has 0 fully saturated rings. The van der Waals surface area contributed by atoms with Crippen LogP contribution in [-0.2, 0) is 0 Å². The number of aromatic nitrogens is 2. The third-order valence-electron chi connectivity index (χ3n) is 0.372. The molecular weight excluding hydrogens is 103 g/mol. The number of nitrogens with zero attached hydrogens (tertiary/aromatic N) is 2. The molecule has 1 aromatic heterocycles. The van der Waals surface area contributed by atoms with Crippen LogP contribution in [0.2, 0.25) is 0 Å². The number of hydrogen-bond donors (Lipinski definition) is 0. The monoisotopic (exact) mass is 106 g/mol. The summed E-state index contributed by atoms with van der Waals surface area (Å²) in [6.07, 6.45) is 4.78. The molecule has 0 radical (unpaired) electrons. The summed E-state index contributed by atoms with van der Waals surface area (Å²) < 4.78 is 0. The Kier molecular flexibility index (Phi) is 4.58. The zero-order valence-corrected chi connectivity index (χ0v) is 6.75. The second-order valence-corrected chi connectivity index (χ2v) is 0.712. The molecule has 0 bridgehead atoms. The summed E-state index contributed by atoms with van der Waals surface area (Å²) in [6.45, 7) is 0. The van der Waals surface area contributed by atoms with E-state index >= 15 is 0 Å². The molecule has 3 heteroatoms. The Bertz CT molecular complexity index is 65.3. The Hall–Kier alpha value is 0.846. The van der Waals surface area contributed by atoms with E-state index in [0.717, 1.165) is 0 Å². The predicted octanol–water partition coefficient (Wildman–Crippen LogP) is -2.96. The zero-order valence-electron chi connectivity index (χ0n) is 3.63. The van der Waals surface area contributed by atoms with Crippen LogP contribution in [0.3, 0.4) is 0 Å². The fourth-order valence-corrected chi connectivity index (χ4v) is 0.192. The van der Waals surface area contributed by atoms with Crippen LogP contribution in [0.5, 0.6) is 0 Å². The Labute approximate surface area is 78.8 Å². The summed E-state index contributed by atoms with van der Waals surface area (Å²) in [4.78, 5) is 7.22. The van der Waals surface area contributed by atoms with Gasteiger partial charge < -0.3 is 9.97 Å². The molecule has 1 rings (SSSR count). The Morgan fingerprint density at radius 2 is 2.33 bits per heavy atom. The van der Waals surface area contributed by atoms with E-state index in [4.69, 9.17) is 0 Å². The number of imidazole rings is 1. The van der Waals surface area contributed by atoms with Crippen molar-refractivity contribution < 1.29 is 51.4 Å². The van der Waals surface area contributed by atoms with E-state index in [1.54, 1.807) is 12.4 Å². The van der Waals surface area contributed by atoms with Crippen molar-refractivity contribution in [1.82, 2.24) is 9.97 Å². The van der Waals surface area contributed by atoms with Gasteiger partial charge in [0.2, 0.25) is 0 Å². The Morgan fingerprint density at radius 1 is 1.50 bits per heavy atom. The van der Waals surface area contributed by atoms with Crippen LogP contribution in [-0.4, -0.2) is 4.98 Å². The van der Waals surface area contributed by atoms with Gasteiger partial charge in [-0.15, -0.1) is 0 Å². The predicted molar refractivity (Wildman–Crippen MR) is 17.6 cm³/mol. The van der Waals surface area contributed by atoms with Crippen LogP contribution >= 0.6 is 0 Å². The number of hydrogen-bond acceptors (Lipinski definition) is 1. The fourth-order valence-electron chi connectivity index (χ4n) is 0.192. The molecule has 0 atom stereocenters. The van der Waals surface area contributed by atoms with Crippen molar-refractivity contribution in [2.45, 2.75) is 0 Å². The van der Waals surface area contributed by atoms with Crippen LogP contribution in [0.15, 0.2) is 18.7 Å². The van der Waals surface area contributed by atoms with Crippen molar-refractivity contribution in [3.8, 4) is 0 Å². The minimum Gasteiger partial charge on any atom is -0.450 e. The van der Waals surface area contributed by atoms with Gasteiger partial charge in [0.05, 0.1) is 0 Å². The van der Waals surface area contributed by atoms with Crippen LogP contribution in [0.1, 0.15) is 0 Å². The second kappa shape index (κ2) is 4.02. The van der Waals surface area contributed by atoms with Crippen molar-refractivity contribution in [2.24, 2.45) is 0 Å². The molecule has 0 unspecified atom stereocenters. The Morgan fingerprint density at radius 3 is 2.50 bits per heavy atom. The maximum absolute atomic E-state index is 3.61. The molecule has 0 saturated heterocycles. The van der Waals surface area contributed by atoms with Crippen LogP contribution in [0.25, 0.3) is 0 Å². The third-order valence-corrected chi connectivity index (χ3v) is 0.372. The van der Waals surface area contributed by atoms with E-state index in [-0.39, 0.29) is 51.4 Å². The molecule has 0 aliphatic rings. The van der Waals surface area contributed by atoms with Gasteiger partial charge in [-0.05, 0) is 0 Å². The average molecular weight is 106 g/mol. The van der Waals surface area contributed by atoms with Crippen molar-refractivity contribution in [1.29, 1.82) is 0 Å². The van der Waals surface area contributed by atoms with Gasteiger partial charge in [0.25, 0.3) is 0 Å². The van der Waals surface area contributed by atoms with E-state index < -0.39 is 0 Å². The van der Waals surface area contributed by atoms with Gasteiger partial charge in [0, 0.05) is 0 Å². The van der Waals surface area contributed by atoms with Crippen molar-refractivity contribution in [3.05, 3.63) is 18.7 Å². The van der Waals surface area contributed by atoms with Crippen molar-refractivity contribution in [3.63, 3.8) is 0 Å². The van der Waals surface area contributed by atoms with E-state index in [0.29, 0.717) is 0 Å². The molecule has 0 N–H and O–H groups in total. The first-order valence-electron chi connectivity index (χ1n) is 1.37. The maximum atomic E-state index is 3.61. The molecule has 26 valence electrons. The molecule has 2 nitrogen and oxygen atoms in total. The van der Waals surface area contributed by atoms with E-state index in [1.165, 1.54) is 6.33 Å². The molecule has 1 heterocycles. The molecule has 0 aromatic carbocycles. The summed E-state index contributed by atoms with van der Waals surface area (Å²) in [7, 11) is 0. The molecule has 0 amide bonds. The van der Waals surface area contributed by atoms with Crippen LogP contribution in [0, 0.1) is 0 Å².